The van der Waals surface area contributed by atoms with Crippen LogP contribution in [-0.2, 0) is 6.61 Å². The van der Waals surface area contributed by atoms with Crippen molar-refractivity contribution in [2.75, 3.05) is 5.73 Å². The molecule has 2 rings (SSSR count). The molecule has 100 valence electrons. The molecule has 0 unspecified atom stereocenters. The van der Waals surface area contributed by atoms with Crippen LogP contribution in [0.5, 0.6) is 5.75 Å². The van der Waals surface area contributed by atoms with Gasteiger partial charge in [0, 0.05) is 11.8 Å². The number of nitrogens with two attached hydrogens (primary N) is 1. The average molecular weight is 259 g/mol. The highest BCUT2D eigenvalue weighted by molar-refractivity contribution is 5.54. The van der Waals surface area contributed by atoms with Gasteiger partial charge in [0.25, 0.3) is 0 Å². The number of hydrogen-bond donors (Lipinski definition) is 1. The van der Waals surface area contributed by atoms with Gasteiger partial charge in [-0.3, -0.25) is 0 Å². The predicted octanol–water partition coefficient (Wildman–Crippen LogP) is 3.91. The molecule has 2 nitrogen and oxygen atoms in total. The fraction of sp³-hybridized carbons (Fsp3) is 0.250. The number of aryl methyl sites for hydroxylation is 3. The summed E-state index contributed by atoms with van der Waals surface area (Å²) in [7, 11) is 0. The van der Waals surface area contributed by atoms with Gasteiger partial charge in [-0.15, -0.1) is 0 Å². The zero-order chi connectivity index (χ0) is 14.0. The van der Waals surface area contributed by atoms with E-state index in [1.165, 1.54) is 12.1 Å². The van der Waals surface area contributed by atoms with Gasteiger partial charge in [-0.05, 0) is 55.2 Å². The van der Waals surface area contributed by atoms with Crippen LogP contribution in [0.25, 0.3) is 0 Å². The van der Waals surface area contributed by atoms with Crippen molar-refractivity contribution in [3.8, 4) is 5.75 Å². The first-order valence-corrected chi connectivity index (χ1v) is 6.22. The van der Waals surface area contributed by atoms with Crippen molar-refractivity contribution in [2.24, 2.45) is 0 Å². The quantitative estimate of drug-likeness (QED) is 0.848. The molecular formula is C16H18FNO. The minimum Gasteiger partial charge on any atom is -0.489 e. The van der Waals surface area contributed by atoms with Crippen molar-refractivity contribution in [3.63, 3.8) is 0 Å². The molecule has 0 fully saturated rings. The Labute approximate surface area is 113 Å². The average Bonchev–Trinajstić information content (AvgIpc) is 2.36. The van der Waals surface area contributed by atoms with E-state index in [0.717, 1.165) is 28.0 Å². The maximum atomic E-state index is 13.2. The lowest BCUT2D eigenvalue weighted by Crippen LogP contribution is -2.01. The van der Waals surface area contributed by atoms with E-state index in [1.54, 1.807) is 6.07 Å². The highest BCUT2D eigenvalue weighted by atomic mass is 19.1. The predicted molar refractivity (Wildman–Crippen MR) is 75.8 cm³/mol. The smallest absolute Gasteiger partial charge is 0.124 e. The van der Waals surface area contributed by atoms with Crippen molar-refractivity contribution in [3.05, 3.63) is 58.4 Å². The molecule has 2 aromatic carbocycles. The molecule has 2 aromatic rings. The molecule has 0 heterocycles. The fourth-order valence-corrected chi connectivity index (χ4v) is 1.95. The molecule has 0 bridgehead atoms. The third kappa shape index (κ3) is 3.05. The van der Waals surface area contributed by atoms with Crippen molar-refractivity contribution in [1.82, 2.24) is 0 Å². The molecule has 0 aliphatic rings. The summed E-state index contributed by atoms with van der Waals surface area (Å²) < 4.78 is 18.9. The Kier molecular flexibility index (Phi) is 3.74. The lowest BCUT2D eigenvalue weighted by molar-refractivity contribution is 0.303. The summed E-state index contributed by atoms with van der Waals surface area (Å²) in [6, 6.07) is 8.52. The summed E-state index contributed by atoms with van der Waals surface area (Å²) >= 11 is 0. The SMILES string of the molecule is Cc1cc(C)c(OCc2cc(F)ccc2C)cc1N. The van der Waals surface area contributed by atoms with Gasteiger partial charge in [0.15, 0.2) is 0 Å². The van der Waals surface area contributed by atoms with Crippen molar-refractivity contribution >= 4 is 5.69 Å². The number of anilines is 1. The van der Waals surface area contributed by atoms with Crippen LogP contribution in [0, 0.1) is 26.6 Å². The van der Waals surface area contributed by atoms with Gasteiger partial charge < -0.3 is 10.5 Å². The lowest BCUT2D eigenvalue weighted by atomic mass is 10.1. The first-order chi connectivity index (χ1) is 8.97. The number of benzene rings is 2. The largest absolute Gasteiger partial charge is 0.489 e. The number of nitrogen functional groups attached to an aromatic ring is 1. The fourth-order valence-electron chi connectivity index (χ4n) is 1.95. The molecule has 0 aromatic heterocycles. The Morgan fingerprint density at radius 3 is 2.47 bits per heavy atom. The molecule has 0 radical (unpaired) electrons. The topological polar surface area (TPSA) is 35.2 Å². The molecule has 0 aliphatic heterocycles. The van der Waals surface area contributed by atoms with Crippen molar-refractivity contribution < 1.29 is 9.13 Å². The van der Waals surface area contributed by atoms with Gasteiger partial charge in [0.2, 0.25) is 0 Å². The molecular weight excluding hydrogens is 241 g/mol. The summed E-state index contributed by atoms with van der Waals surface area (Å²) in [6.07, 6.45) is 0. The first-order valence-electron chi connectivity index (χ1n) is 6.22. The van der Waals surface area contributed by atoms with E-state index in [1.807, 2.05) is 32.9 Å². The number of ether oxygens (including phenoxy) is 1. The molecule has 0 saturated heterocycles. The minimum absolute atomic E-state index is 0.246. The van der Waals surface area contributed by atoms with Crippen LogP contribution >= 0.6 is 0 Å². The highest BCUT2D eigenvalue weighted by Crippen LogP contribution is 2.25. The number of halogens is 1. The number of rotatable bonds is 3. The minimum atomic E-state index is -0.246. The van der Waals surface area contributed by atoms with Gasteiger partial charge in [0.1, 0.15) is 18.2 Å². The molecule has 2 N–H and O–H groups in total. The molecule has 0 amide bonds. The molecule has 19 heavy (non-hydrogen) atoms. The Hall–Kier alpha value is -2.03. The summed E-state index contributed by atoms with van der Waals surface area (Å²) in [5, 5.41) is 0. The van der Waals surface area contributed by atoms with Crippen LogP contribution in [-0.4, -0.2) is 0 Å². The van der Waals surface area contributed by atoms with Gasteiger partial charge in [0.05, 0.1) is 0 Å². The van der Waals surface area contributed by atoms with E-state index >= 15 is 0 Å². The Morgan fingerprint density at radius 2 is 1.74 bits per heavy atom. The first kappa shape index (κ1) is 13.4. The second-order valence-corrected chi connectivity index (χ2v) is 4.83. The molecule has 0 saturated carbocycles. The van der Waals surface area contributed by atoms with Crippen LogP contribution in [0.4, 0.5) is 10.1 Å². The maximum Gasteiger partial charge on any atom is 0.124 e. The van der Waals surface area contributed by atoms with E-state index in [0.29, 0.717) is 12.3 Å². The van der Waals surface area contributed by atoms with E-state index in [4.69, 9.17) is 10.5 Å². The van der Waals surface area contributed by atoms with Crippen LogP contribution in [0.3, 0.4) is 0 Å². The number of hydrogen-bond acceptors (Lipinski definition) is 2. The van der Waals surface area contributed by atoms with Gasteiger partial charge in [-0.1, -0.05) is 12.1 Å². The van der Waals surface area contributed by atoms with Crippen LogP contribution in [0.15, 0.2) is 30.3 Å². The third-order valence-electron chi connectivity index (χ3n) is 3.26. The summed E-state index contributed by atoms with van der Waals surface area (Å²) in [4.78, 5) is 0. The molecule has 3 heteroatoms. The summed E-state index contributed by atoms with van der Waals surface area (Å²) in [6.45, 7) is 6.21. The molecule has 0 aliphatic carbocycles. The Balaban J connectivity index is 2.19. The Morgan fingerprint density at radius 1 is 1.00 bits per heavy atom. The van der Waals surface area contributed by atoms with Crippen LogP contribution in [0.1, 0.15) is 22.3 Å². The van der Waals surface area contributed by atoms with E-state index < -0.39 is 0 Å². The zero-order valence-corrected chi connectivity index (χ0v) is 11.5. The van der Waals surface area contributed by atoms with Gasteiger partial charge in [-0.2, -0.15) is 0 Å². The van der Waals surface area contributed by atoms with E-state index in [-0.39, 0.29) is 5.82 Å². The lowest BCUT2D eigenvalue weighted by Gasteiger charge is -2.13. The second kappa shape index (κ2) is 5.31. The van der Waals surface area contributed by atoms with Crippen LogP contribution in [0.2, 0.25) is 0 Å². The zero-order valence-electron chi connectivity index (χ0n) is 11.5. The van der Waals surface area contributed by atoms with Crippen LogP contribution < -0.4 is 10.5 Å². The van der Waals surface area contributed by atoms with Crippen molar-refractivity contribution in [1.29, 1.82) is 0 Å². The van der Waals surface area contributed by atoms with Gasteiger partial charge >= 0.3 is 0 Å². The summed E-state index contributed by atoms with van der Waals surface area (Å²) in [5.74, 6) is 0.496. The van der Waals surface area contributed by atoms with Crippen molar-refractivity contribution in [2.45, 2.75) is 27.4 Å². The standard InChI is InChI=1S/C16H18FNO/c1-10-4-5-14(17)7-13(10)9-19-16-8-15(18)11(2)6-12(16)3/h4-8H,9,18H2,1-3H3. The highest BCUT2D eigenvalue weighted by Gasteiger charge is 2.06. The second-order valence-electron chi connectivity index (χ2n) is 4.83. The third-order valence-corrected chi connectivity index (χ3v) is 3.26. The normalized spacial score (nSPS) is 10.5. The molecule has 0 atom stereocenters. The Bertz CT molecular complexity index is 608. The maximum absolute atomic E-state index is 13.2. The van der Waals surface area contributed by atoms with E-state index in [2.05, 4.69) is 0 Å². The summed E-state index contributed by atoms with van der Waals surface area (Å²) in [5.41, 5.74) is 10.5. The molecule has 0 spiro atoms. The van der Waals surface area contributed by atoms with Gasteiger partial charge in [-0.25, -0.2) is 4.39 Å². The monoisotopic (exact) mass is 259 g/mol. The van der Waals surface area contributed by atoms with E-state index in [9.17, 15) is 4.39 Å².